The molecule has 29 heavy (non-hydrogen) atoms. The number of hydrogen-bond acceptors (Lipinski definition) is 7. The molecule has 0 aliphatic carbocycles. The summed E-state index contributed by atoms with van der Waals surface area (Å²) in [6.45, 7) is 15.9. The van der Waals surface area contributed by atoms with Gasteiger partial charge in [0.05, 0.1) is 0 Å². The van der Waals surface area contributed by atoms with Crippen LogP contribution < -0.4 is 10.2 Å². The molecule has 0 atom stereocenters. The van der Waals surface area contributed by atoms with E-state index in [9.17, 15) is 0 Å². The lowest BCUT2D eigenvalue weighted by atomic mass is 10.3. The predicted octanol–water partition coefficient (Wildman–Crippen LogP) is 1.22. The zero-order valence-corrected chi connectivity index (χ0v) is 19.3. The Hall–Kier alpha value is -1.45. The largest absolute Gasteiger partial charge is 0.357 e. The second-order valence-electron chi connectivity index (χ2n) is 7.91. The average Bonchev–Trinajstić information content (AvgIpc) is 3.13. The SMILES string of the molecule is CCNC(=NCCCN1CCCN(C)CC1)N1CCN(c2nc(CC)ns2)CC1. The van der Waals surface area contributed by atoms with Crippen molar-refractivity contribution < 1.29 is 0 Å². The lowest BCUT2D eigenvalue weighted by molar-refractivity contribution is 0.274. The molecule has 0 aromatic carbocycles. The van der Waals surface area contributed by atoms with Crippen LogP contribution in [0.2, 0.25) is 0 Å². The third-order valence-electron chi connectivity index (χ3n) is 5.66. The molecule has 1 aromatic rings. The number of aliphatic imine (C=N–C) groups is 1. The van der Waals surface area contributed by atoms with Gasteiger partial charge >= 0.3 is 0 Å². The van der Waals surface area contributed by atoms with Gasteiger partial charge in [0.25, 0.3) is 0 Å². The first-order valence-electron chi connectivity index (χ1n) is 11.2. The lowest BCUT2D eigenvalue weighted by Gasteiger charge is -2.36. The van der Waals surface area contributed by atoms with Crippen LogP contribution >= 0.6 is 11.5 Å². The number of nitrogens with zero attached hydrogens (tertiary/aromatic N) is 7. The molecule has 1 N–H and O–H groups in total. The number of likely N-dealkylation sites (N-methyl/N-ethyl adjacent to an activating group) is 1. The smallest absolute Gasteiger partial charge is 0.205 e. The van der Waals surface area contributed by atoms with Crippen LogP contribution in [0.1, 0.15) is 32.5 Å². The van der Waals surface area contributed by atoms with Gasteiger partial charge in [0.1, 0.15) is 5.82 Å². The summed E-state index contributed by atoms with van der Waals surface area (Å²) < 4.78 is 4.42. The Balaban J connectivity index is 1.44. The molecule has 0 radical (unpaired) electrons. The maximum Gasteiger partial charge on any atom is 0.205 e. The Morgan fingerprint density at radius 2 is 1.90 bits per heavy atom. The third kappa shape index (κ3) is 6.79. The number of piperazine rings is 1. The quantitative estimate of drug-likeness (QED) is 0.403. The Bertz CT molecular complexity index is 626. The van der Waals surface area contributed by atoms with Gasteiger partial charge in [0.15, 0.2) is 5.96 Å². The standard InChI is InChI=1S/C20H38N8S/c1-4-18-23-20(29-24-18)28-16-14-27(15-17-28)19(21-5-2)22-8-6-10-26-11-7-9-25(3)12-13-26/h4-17H2,1-3H3,(H,21,22). The van der Waals surface area contributed by atoms with Crippen LogP contribution in [0.25, 0.3) is 0 Å². The van der Waals surface area contributed by atoms with Crippen molar-refractivity contribution in [2.45, 2.75) is 33.1 Å². The molecule has 3 rings (SSSR count). The molecule has 1 aromatic heterocycles. The van der Waals surface area contributed by atoms with Crippen LogP contribution in [0.3, 0.4) is 0 Å². The fourth-order valence-electron chi connectivity index (χ4n) is 3.86. The Morgan fingerprint density at radius 1 is 1.07 bits per heavy atom. The molecule has 0 amide bonds. The summed E-state index contributed by atoms with van der Waals surface area (Å²) in [7, 11) is 2.23. The van der Waals surface area contributed by atoms with Crippen molar-refractivity contribution in [3.05, 3.63) is 5.82 Å². The first kappa shape index (κ1) is 22.2. The highest BCUT2D eigenvalue weighted by Gasteiger charge is 2.22. The van der Waals surface area contributed by atoms with Crippen LogP contribution in [0.4, 0.5) is 5.13 Å². The van der Waals surface area contributed by atoms with Gasteiger partial charge < -0.3 is 24.9 Å². The molecule has 2 aliphatic heterocycles. The van der Waals surface area contributed by atoms with Gasteiger partial charge in [-0.05, 0) is 46.4 Å². The third-order valence-corrected chi connectivity index (χ3v) is 6.48. The van der Waals surface area contributed by atoms with Gasteiger partial charge in [0.2, 0.25) is 5.13 Å². The summed E-state index contributed by atoms with van der Waals surface area (Å²) in [5, 5.41) is 4.55. The van der Waals surface area contributed by atoms with Crippen molar-refractivity contribution in [3.8, 4) is 0 Å². The van der Waals surface area contributed by atoms with Gasteiger partial charge in [0, 0.05) is 70.3 Å². The van der Waals surface area contributed by atoms with E-state index in [0.29, 0.717) is 0 Å². The highest BCUT2D eigenvalue weighted by Crippen LogP contribution is 2.19. The van der Waals surface area contributed by atoms with Crippen molar-refractivity contribution in [1.82, 2.24) is 29.4 Å². The summed E-state index contributed by atoms with van der Waals surface area (Å²) in [6, 6.07) is 0. The molecule has 0 spiro atoms. The average molecular weight is 423 g/mol. The summed E-state index contributed by atoms with van der Waals surface area (Å²) in [4.78, 5) is 19.3. The van der Waals surface area contributed by atoms with Crippen molar-refractivity contribution in [2.75, 3.05) is 83.9 Å². The van der Waals surface area contributed by atoms with Gasteiger partial charge in [-0.1, -0.05) is 6.92 Å². The Kier molecular flexibility index (Phi) is 8.94. The van der Waals surface area contributed by atoms with Crippen LogP contribution in [0.5, 0.6) is 0 Å². The number of guanidine groups is 1. The van der Waals surface area contributed by atoms with Gasteiger partial charge in [-0.15, -0.1) is 0 Å². The number of nitrogens with one attached hydrogen (secondary N) is 1. The Morgan fingerprint density at radius 3 is 2.62 bits per heavy atom. The van der Waals surface area contributed by atoms with Gasteiger partial charge in [-0.25, -0.2) is 4.98 Å². The van der Waals surface area contributed by atoms with Crippen LogP contribution in [-0.4, -0.2) is 109 Å². The van der Waals surface area contributed by atoms with E-state index < -0.39 is 0 Å². The maximum atomic E-state index is 4.93. The zero-order valence-electron chi connectivity index (χ0n) is 18.4. The van der Waals surface area contributed by atoms with E-state index in [1.807, 2.05) is 0 Å². The molecule has 8 nitrogen and oxygen atoms in total. The number of hydrogen-bond donors (Lipinski definition) is 1. The molecule has 2 fully saturated rings. The molecule has 164 valence electrons. The molecule has 2 saturated heterocycles. The summed E-state index contributed by atoms with van der Waals surface area (Å²) in [5.41, 5.74) is 0. The predicted molar refractivity (Wildman–Crippen MR) is 122 cm³/mol. The molecular formula is C20H38N8S. The molecule has 9 heteroatoms. The highest BCUT2D eigenvalue weighted by atomic mass is 32.1. The van der Waals surface area contributed by atoms with E-state index >= 15 is 0 Å². The summed E-state index contributed by atoms with van der Waals surface area (Å²) in [6.07, 6.45) is 3.31. The minimum absolute atomic E-state index is 0.894. The lowest BCUT2D eigenvalue weighted by Crippen LogP contribution is -2.52. The fraction of sp³-hybridized carbons (Fsp3) is 0.850. The molecule has 0 bridgehead atoms. The van der Waals surface area contributed by atoms with Gasteiger partial charge in [-0.3, -0.25) is 4.99 Å². The van der Waals surface area contributed by atoms with Crippen molar-refractivity contribution >= 4 is 22.6 Å². The Labute approximate surface area is 180 Å². The van der Waals surface area contributed by atoms with E-state index in [-0.39, 0.29) is 0 Å². The molecule has 0 saturated carbocycles. The molecule has 2 aliphatic rings. The van der Waals surface area contributed by atoms with E-state index in [2.05, 4.69) is 55.2 Å². The van der Waals surface area contributed by atoms with E-state index in [1.165, 1.54) is 44.1 Å². The number of aryl methyl sites for hydroxylation is 1. The van der Waals surface area contributed by atoms with Crippen molar-refractivity contribution in [2.24, 2.45) is 4.99 Å². The van der Waals surface area contributed by atoms with Crippen LogP contribution in [0.15, 0.2) is 4.99 Å². The van der Waals surface area contributed by atoms with Crippen LogP contribution in [-0.2, 0) is 6.42 Å². The number of rotatable bonds is 7. The van der Waals surface area contributed by atoms with Gasteiger partial charge in [-0.2, -0.15) is 4.37 Å². The molecule has 0 unspecified atom stereocenters. The minimum Gasteiger partial charge on any atom is -0.357 e. The molecule has 3 heterocycles. The highest BCUT2D eigenvalue weighted by molar-refractivity contribution is 7.09. The first-order valence-corrected chi connectivity index (χ1v) is 12.0. The zero-order chi connectivity index (χ0) is 20.5. The number of aromatic nitrogens is 2. The first-order chi connectivity index (χ1) is 14.2. The van der Waals surface area contributed by atoms with E-state index in [4.69, 9.17) is 4.99 Å². The second-order valence-corrected chi connectivity index (χ2v) is 8.64. The van der Waals surface area contributed by atoms with Crippen molar-refractivity contribution in [3.63, 3.8) is 0 Å². The van der Waals surface area contributed by atoms with E-state index in [1.54, 1.807) is 0 Å². The maximum absolute atomic E-state index is 4.93. The second kappa shape index (κ2) is 11.7. The normalized spacial score (nSPS) is 20.2. The topological polar surface area (TPSA) is 63.1 Å². The number of anilines is 1. The van der Waals surface area contributed by atoms with Crippen molar-refractivity contribution in [1.29, 1.82) is 0 Å². The fourth-order valence-corrected chi connectivity index (χ4v) is 4.66. The minimum atomic E-state index is 0.894. The molecular weight excluding hydrogens is 384 g/mol. The van der Waals surface area contributed by atoms with E-state index in [0.717, 1.165) is 75.6 Å². The summed E-state index contributed by atoms with van der Waals surface area (Å²) >= 11 is 1.53. The monoisotopic (exact) mass is 422 g/mol. The summed E-state index contributed by atoms with van der Waals surface area (Å²) in [5.74, 6) is 2.02. The van der Waals surface area contributed by atoms with Crippen LogP contribution in [0, 0.1) is 0 Å².